The Morgan fingerprint density at radius 3 is 2.53 bits per heavy atom. The molecule has 19 heavy (non-hydrogen) atoms. The zero-order valence-corrected chi connectivity index (χ0v) is 11.1. The number of rotatable bonds is 5. The summed E-state index contributed by atoms with van der Waals surface area (Å²) in [5.74, 6) is 0. The highest BCUT2D eigenvalue weighted by atomic mass is 32.2. The summed E-state index contributed by atoms with van der Waals surface area (Å²) in [5, 5.41) is 8.23. The second-order valence-corrected chi connectivity index (χ2v) is 5.57. The second-order valence-electron chi connectivity index (χ2n) is 4.04. The SMILES string of the molecule is NS(=O)(=O)c1ccccc1NCCc1ccccn1. The van der Waals surface area contributed by atoms with Crippen molar-refractivity contribution in [3.63, 3.8) is 0 Å². The van der Waals surface area contributed by atoms with Gasteiger partial charge in [-0.1, -0.05) is 18.2 Å². The molecular formula is C13H15N3O2S. The Balaban J connectivity index is 2.05. The third kappa shape index (κ3) is 3.77. The lowest BCUT2D eigenvalue weighted by molar-refractivity contribution is 0.598. The first-order valence-corrected chi connectivity index (χ1v) is 7.37. The van der Waals surface area contributed by atoms with E-state index in [9.17, 15) is 8.42 Å². The molecule has 3 N–H and O–H groups in total. The second kappa shape index (κ2) is 5.81. The summed E-state index contributed by atoms with van der Waals surface area (Å²) in [7, 11) is -3.71. The molecule has 0 radical (unpaired) electrons. The molecule has 0 unspecified atom stereocenters. The number of pyridine rings is 1. The average molecular weight is 277 g/mol. The molecule has 5 nitrogen and oxygen atoms in total. The largest absolute Gasteiger partial charge is 0.384 e. The van der Waals surface area contributed by atoms with Crippen molar-refractivity contribution in [1.29, 1.82) is 0 Å². The molecule has 1 heterocycles. The van der Waals surface area contributed by atoms with Crippen LogP contribution in [0.5, 0.6) is 0 Å². The summed E-state index contributed by atoms with van der Waals surface area (Å²) in [5.41, 5.74) is 1.46. The number of para-hydroxylation sites is 1. The van der Waals surface area contributed by atoms with Crippen molar-refractivity contribution in [1.82, 2.24) is 4.98 Å². The average Bonchev–Trinajstić information content (AvgIpc) is 2.39. The maximum Gasteiger partial charge on any atom is 0.240 e. The van der Waals surface area contributed by atoms with E-state index in [1.165, 1.54) is 6.07 Å². The first-order valence-electron chi connectivity index (χ1n) is 5.83. The van der Waals surface area contributed by atoms with Crippen LogP contribution in [-0.4, -0.2) is 19.9 Å². The third-order valence-corrected chi connectivity index (χ3v) is 3.59. The van der Waals surface area contributed by atoms with E-state index in [1.54, 1.807) is 24.4 Å². The van der Waals surface area contributed by atoms with Crippen LogP contribution in [-0.2, 0) is 16.4 Å². The van der Waals surface area contributed by atoms with Crippen LogP contribution in [0.3, 0.4) is 0 Å². The predicted molar refractivity (Wildman–Crippen MR) is 74.2 cm³/mol. The quantitative estimate of drug-likeness (QED) is 0.864. The van der Waals surface area contributed by atoms with Crippen molar-refractivity contribution in [3.8, 4) is 0 Å². The van der Waals surface area contributed by atoms with Gasteiger partial charge < -0.3 is 5.32 Å². The standard InChI is InChI=1S/C13H15N3O2S/c14-19(17,18)13-7-2-1-6-12(13)16-10-8-11-5-3-4-9-15-11/h1-7,9,16H,8,10H2,(H2,14,17,18). The topological polar surface area (TPSA) is 85.1 Å². The Labute approximate surface area is 112 Å². The molecule has 0 spiro atoms. The van der Waals surface area contributed by atoms with Crippen molar-refractivity contribution in [2.24, 2.45) is 5.14 Å². The van der Waals surface area contributed by atoms with Crippen LogP contribution in [0, 0.1) is 0 Å². The molecule has 0 atom stereocenters. The lowest BCUT2D eigenvalue weighted by atomic mass is 10.2. The molecule has 0 aliphatic heterocycles. The van der Waals surface area contributed by atoms with Crippen LogP contribution in [0.15, 0.2) is 53.6 Å². The van der Waals surface area contributed by atoms with Crippen LogP contribution in [0.1, 0.15) is 5.69 Å². The van der Waals surface area contributed by atoms with E-state index in [0.29, 0.717) is 18.7 Å². The molecule has 0 aliphatic rings. The molecule has 0 aliphatic carbocycles. The van der Waals surface area contributed by atoms with Gasteiger partial charge in [0.2, 0.25) is 10.0 Å². The number of sulfonamides is 1. The van der Waals surface area contributed by atoms with E-state index in [2.05, 4.69) is 10.3 Å². The highest BCUT2D eigenvalue weighted by molar-refractivity contribution is 7.89. The number of nitrogens with zero attached hydrogens (tertiary/aromatic N) is 1. The number of nitrogens with one attached hydrogen (secondary N) is 1. The van der Waals surface area contributed by atoms with E-state index < -0.39 is 10.0 Å². The van der Waals surface area contributed by atoms with Gasteiger partial charge in [-0.2, -0.15) is 0 Å². The van der Waals surface area contributed by atoms with Crippen molar-refractivity contribution < 1.29 is 8.42 Å². The third-order valence-electron chi connectivity index (χ3n) is 2.62. The summed E-state index contributed by atoms with van der Waals surface area (Å²) in [4.78, 5) is 4.31. The fourth-order valence-corrected chi connectivity index (χ4v) is 2.45. The zero-order chi connectivity index (χ0) is 13.7. The van der Waals surface area contributed by atoms with Gasteiger partial charge in [0, 0.05) is 24.9 Å². The molecule has 6 heteroatoms. The Bertz CT molecular complexity index is 642. The van der Waals surface area contributed by atoms with Gasteiger partial charge in [0.1, 0.15) is 4.90 Å². The number of benzene rings is 1. The minimum absolute atomic E-state index is 0.107. The summed E-state index contributed by atoms with van der Waals surface area (Å²) in [6, 6.07) is 12.3. The van der Waals surface area contributed by atoms with Gasteiger partial charge in [0.25, 0.3) is 0 Å². The van der Waals surface area contributed by atoms with Gasteiger partial charge in [-0.15, -0.1) is 0 Å². The van der Waals surface area contributed by atoms with Crippen molar-refractivity contribution in [2.45, 2.75) is 11.3 Å². The summed E-state index contributed by atoms with van der Waals surface area (Å²) < 4.78 is 22.8. The number of hydrogen-bond donors (Lipinski definition) is 2. The maximum atomic E-state index is 11.4. The van der Waals surface area contributed by atoms with E-state index in [4.69, 9.17) is 5.14 Å². The fraction of sp³-hybridized carbons (Fsp3) is 0.154. The minimum Gasteiger partial charge on any atom is -0.384 e. The number of nitrogens with two attached hydrogens (primary N) is 1. The number of anilines is 1. The molecule has 0 saturated heterocycles. The van der Waals surface area contributed by atoms with Gasteiger partial charge in [0.15, 0.2) is 0 Å². The zero-order valence-electron chi connectivity index (χ0n) is 10.3. The Morgan fingerprint density at radius 1 is 1.11 bits per heavy atom. The summed E-state index contributed by atoms with van der Waals surface area (Å²) in [6.07, 6.45) is 2.44. The molecule has 2 rings (SSSR count). The van der Waals surface area contributed by atoms with Crippen LogP contribution < -0.4 is 10.5 Å². The first-order chi connectivity index (χ1) is 9.07. The molecule has 0 bridgehead atoms. The van der Waals surface area contributed by atoms with E-state index in [-0.39, 0.29) is 4.90 Å². The molecule has 1 aromatic heterocycles. The van der Waals surface area contributed by atoms with Gasteiger partial charge in [0.05, 0.1) is 5.69 Å². The van der Waals surface area contributed by atoms with Gasteiger partial charge in [-0.25, -0.2) is 13.6 Å². The number of aromatic nitrogens is 1. The molecule has 0 amide bonds. The molecule has 1 aromatic carbocycles. The lowest BCUT2D eigenvalue weighted by Gasteiger charge is -2.10. The van der Waals surface area contributed by atoms with Crippen molar-refractivity contribution in [3.05, 3.63) is 54.4 Å². The summed E-state index contributed by atoms with van der Waals surface area (Å²) in [6.45, 7) is 0.587. The van der Waals surface area contributed by atoms with Crippen LogP contribution in [0.25, 0.3) is 0 Å². The van der Waals surface area contributed by atoms with Gasteiger partial charge in [-0.3, -0.25) is 4.98 Å². The fourth-order valence-electron chi connectivity index (χ4n) is 1.73. The van der Waals surface area contributed by atoms with Crippen LogP contribution >= 0.6 is 0 Å². The van der Waals surface area contributed by atoms with Gasteiger partial charge in [-0.05, 0) is 24.3 Å². The molecule has 100 valence electrons. The molecule has 0 saturated carbocycles. The van der Waals surface area contributed by atoms with Crippen LogP contribution in [0.2, 0.25) is 0 Å². The van der Waals surface area contributed by atoms with Crippen molar-refractivity contribution >= 4 is 15.7 Å². The van der Waals surface area contributed by atoms with Crippen LogP contribution in [0.4, 0.5) is 5.69 Å². The normalized spacial score (nSPS) is 11.2. The molecular weight excluding hydrogens is 262 g/mol. The Morgan fingerprint density at radius 2 is 1.84 bits per heavy atom. The van der Waals surface area contributed by atoms with Gasteiger partial charge >= 0.3 is 0 Å². The highest BCUT2D eigenvalue weighted by Gasteiger charge is 2.12. The van der Waals surface area contributed by atoms with E-state index in [0.717, 1.165) is 5.69 Å². The predicted octanol–water partition coefficient (Wildman–Crippen LogP) is 1.38. The molecule has 2 aromatic rings. The highest BCUT2D eigenvalue weighted by Crippen LogP contribution is 2.18. The molecule has 0 fully saturated rings. The summed E-state index contributed by atoms with van der Waals surface area (Å²) >= 11 is 0. The number of primary sulfonamides is 1. The smallest absolute Gasteiger partial charge is 0.240 e. The monoisotopic (exact) mass is 277 g/mol. The van der Waals surface area contributed by atoms with E-state index >= 15 is 0 Å². The van der Waals surface area contributed by atoms with Crippen molar-refractivity contribution in [2.75, 3.05) is 11.9 Å². The number of hydrogen-bond acceptors (Lipinski definition) is 4. The maximum absolute atomic E-state index is 11.4. The Kier molecular flexibility index (Phi) is 4.13. The first kappa shape index (κ1) is 13.5. The lowest BCUT2D eigenvalue weighted by Crippen LogP contribution is -2.16. The minimum atomic E-state index is -3.71. The Hall–Kier alpha value is -1.92. The van der Waals surface area contributed by atoms with E-state index in [1.807, 2.05) is 18.2 Å².